The highest BCUT2D eigenvalue weighted by Gasteiger charge is 2.22. The third-order valence-electron chi connectivity index (χ3n) is 4.15. The Morgan fingerprint density at radius 2 is 1.79 bits per heavy atom. The lowest BCUT2D eigenvalue weighted by atomic mass is 10.0. The van der Waals surface area contributed by atoms with Crippen LogP contribution in [-0.2, 0) is 11.2 Å². The van der Waals surface area contributed by atoms with Crippen LogP contribution in [0.5, 0.6) is 5.75 Å². The van der Waals surface area contributed by atoms with Crippen LogP contribution in [0.3, 0.4) is 0 Å². The molecule has 0 fully saturated rings. The Morgan fingerprint density at radius 1 is 1.04 bits per heavy atom. The maximum absolute atomic E-state index is 6.25. The van der Waals surface area contributed by atoms with E-state index in [1.807, 2.05) is 11.8 Å². The van der Waals surface area contributed by atoms with E-state index in [9.17, 15) is 0 Å². The van der Waals surface area contributed by atoms with Gasteiger partial charge in [-0.15, -0.1) is 0 Å². The van der Waals surface area contributed by atoms with Crippen LogP contribution < -0.4 is 4.74 Å². The predicted molar refractivity (Wildman–Crippen MR) is 100 cm³/mol. The molecule has 0 atom stereocenters. The summed E-state index contributed by atoms with van der Waals surface area (Å²) in [4.78, 5) is 2.70. The molecule has 2 nitrogen and oxygen atoms in total. The van der Waals surface area contributed by atoms with Crippen molar-refractivity contribution in [1.82, 2.24) is 0 Å². The second-order valence-electron chi connectivity index (χ2n) is 7.19. The fourth-order valence-corrected chi connectivity index (χ4v) is 3.89. The number of ether oxygens (including phenoxy) is 2. The normalized spacial score (nSPS) is 13.5. The van der Waals surface area contributed by atoms with Crippen LogP contribution in [0.4, 0.5) is 0 Å². The van der Waals surface area contributed by atoms with E-state index in [-0.39, 0.29) is 11.7 Å². The molecule has 1 aliphatic heterocycles. The molecule has 0 saturated heterocycles. The van der Waals surface area contributed by atoms with Crippen LogP contribution in [-0.4, -0.2) is 18.3 Å². The molecule has 0 N–H and O–H groups in total. The molecule has 0 aromatic heterocycles. The zero-order valence-corrected chi connectivity index (χ0v) is 15.8. The maximum atomic E-state index is 6.25. The van der Waals surface area contributed by atoms with Gasteiger partial charge in [0.25, 0.3) is 0 Å². The van der Waals surface area contributed by atoms with Crippen LogP contribution >= 0.6 is 11.8 Å². The van der Waals surface area contributed by atoms with Gasteiger partial charge in [0, 0.05) is 16.2 Å². The minimum absolute atomic E-state index is 0.233. The van der Waals surface area contributed by atoms with E-state index in [1.165, 1.54) is 20.9 Å². The number of hydrogen-bond donors (Lipinski definition) is 0. The fraction of sp³-hybridized carbons (Fsp3) is 0.429. The zero-order chi connectivity index (χ0) is 17.2. The number of hydrogen-bond acceptors (Lipinski definition) is 3. The maximum Gasteiger partial charge on any atom is 0.120 e. The highest BCUT2D eigenvalue weighted by atomic mass is 32.2. The molecular formula is C21H26O2S. The molecule has 128 valence electrons. The lowest BCUT2D eigenvalue weighted by Gasteiger charge is -2.28. The minimum Gasteiger partial charge on any atom is -0.488 e. The van der Waals surface area contributed by atoms with E-state index < -0.39 is 0 Å². The van der Waals surface area contributed by atoms with Crippen molar-refractivity contribution >= 4 is 11.8 Å². The first-order chi connectivity index (χ1) is 11.4. The Labute approximate surface area is 149 Å². The molecule has 0 unspecified atom stereocenters. The number of rotatable bonds is 6. The lowest BCUT2D eigenvalue weighted by molar-refractivity contribution is 0.0231. The monoisotopic (exact) mass is 342 g/mol. The Balaban J connectivity index is 1.69. The molecular weight excluding hydrogens is 316 g/mol. The molecule has 2 aromatic carbocycles. The molecule has 1 aliphatic rings. The quantitative estimate of drug-likeness (QED) is 0.571. The van der Waals surface area contributed by atoms with Gasteiger partial charge in [-0.1, -0.05) is 30.0 Å². The summed E-state index contributed by atoms with van der Waals surface area (Å²) >= 11 is 1.85. The molecule has 0 spiro atoms. The molecule has 0 amide bonds. The highest BCUT2D eigenvalue weighted by molar-refractivity contribution is 7.99. The van der Waals surface area contributed by atoms with Gasteiger partial charge < -0.3 is 9.47 Å². The number of benzene rings is 2. The summed E-state index contributed by atoms with van der Waals surface area (Å²) in [7, 11) is 0. The van der Waals surface area contributed by atoms with Crippen LogP contribution in [0, 0.1) is 0 Å². The number of fused-ring (bicyclic) bond motifs is 2. The third kappa shape index (κ3) is 4.34. The minimum atomic E-state index is -0.233. The van der Waals surface area contributed by atoms with Crippen molar-refractivity contribution in [3.63, 3.8) is 0 Å². The summed E-state index contributed by atoms with van der Waals surface area (Å²) in [5.41, 5.74) is 2.52. The van der Waals surface area contributed by atoms with Gasteiger partial charge in [-0.2, -0.15) is 0 Å². The largest absolute Gasteiger partial charge is 0.488 e. The highest BCUT2D eigenvalue weighted by Crippen LogP contribution is 2.41. The molecule has 3 heteroatoms. The molecule has 3 rings (SSSR count). The second-order valence-corrected chi connectivity index (χ2v) is 8.27. The summed E-state index contributed by atoms with van der Waals surface area (Å²) in [5, 5.41) is 0. The Bertz CT molecular complexity index is 707. The predicted octanol–water partition coefficient (Wildman–Crippen LogP) is 5.71. The van der Waals surface area contributed by atoms with Gasteiger partial charge in [-0.05, 0) is 69.5 Å². The second kappa shape index (κ2) is 7.20. The van der Waals surface area contributed by atoms with Crippen molar-refractivity contribution in [2.75, 3.05) is 6.61 Å². The first-order valence-corrected chi connectivity index (χ1v) is 9.44. The van der Waals surface area contributed by atoms with E-state index >= 15 is 0 Å². The summed E-state index contributed by atoms with van der Waals surface area (Å²) in [6, 6.07) is 15.1. The first kappa shape index (κ1) is 17.4. The summed E-state index contributed by atoms with van der Waals surface area (Å²) < 4.78 is 11.9. The third-order valence-corrected chi connectivity index (χ3v) is 5.39. The summed E-state index contributed by atoms with van der Waals surface area (Å²) in [5.74, 6) is 0.947. The van der Waals surface area contributed by atoms with Crippen molar-refractivity contribution in [2.45, 2.75) is 62.0 Å². The molecule has 0 saturated carbocycles. The lowest BCUT2D eigenvalue weighted by Crippen LogP contribution is -2.30. The van der Waals surface area contributed by atoms with Crippen LogP contribution in [0.1, 0.15) is 45.2 Å². The Kier molecular flexibility index (Phi) is 5.21. The van der Waals surface area contributed by atoms with E-state index in [2.05, 4.69) is 70.2 Å². The fourth-order valence-electron chi connectivity index (χ4n) is 2.84. The van der Waals surface area contributed by atoms with Crippen LogP contribution in [0.2, 0.25) is 0 Å². The van der Waals surface area contributed by atoms with Gasteiger partial charge in [0.05, 0.1) is 12.7 Å². The van der Waals surface area contributed by atoms with Gasteiger partial charge in [-0.3, -0.25) is 0 Å². The van der Waals surface area contributed by atoms with Crippen molar-refractivity contribution in [3.8, 4) is 5.75 Å². The van der Waals surface area contributed by atoms with Gasteiger partial charge >= 0.3 is 0 Å². The average Bonchev–Trinajstić information content (AvgIpc) is 2.52. The molecule has 0 radical (unpaired) electrons. The summed E-state index contributed by atoms with van der Waals surface area (Å²) in [6.45, 7) is 9.10. The Morgan fingerprint density at radius 3 is 2.58 bits per heavy atom. The molecule has 2 aromatic rings. The molecule has 0 bridgehead atoms. The van der Waals surface area contributed by atoms with E-state index in [4.69, 9.17) is 9.47 Å². The van der Waals surface area contributed by atoms with Crippen molar-refractivity contribution in [3.05, 3.63) is 53.6 Å². The smallest absolute Gasteiger partial charge is 0.120 e. The van der Waals surface area contributed by atoms with Gasteiger partial charge in [-0.25, -0.2) is 0 Å². The first-order valence-electron chi connectivity index (χ1n) is 8.62. The SMILES string of the molecule is CC(C)OCCC(C)(C)Oc1ccc2c(c1)Cc1ccccc1S2. The molecule has 24 heavy (non-hydrogen) atoms. The van der Waals surface area contributed by atoms with Crippen LogP contribution in [0.15, 0.2) is 52.3 Å². The topological polar surface area (TPSA) is 18.5 Å². The van der Waals surface area contributed by atoms with Crippen molar-refractivity contribution in [2.24, 2.45) is 0 Å². The summed E-state index contributed by atoms with van der Waals surface area (Å²) in [6.07, 6.45) is 2.12. The van der Waals surface area contributed by atoms with E-state index in [1.54, 1.807) is 0 Å². The molecule has 0 aliphatic carbocycles. The molecule has 1 heterocycles. The Hall–Kier alpha value is -1.45. The van der Waals surface area contributed by atoms with Crippen molar-refractivity contribution < 1.29 is 9.47 Å². The average molecular weight is 343 g/mol. The van der Waals surface area contributed by atoms with Gasteiger partial charge in [0.2, 0.25) is 0 Å². The van der Waals surface area contributed by atoms with E-state index in [0.29, 0.717) is 0 Å². The van der Waals surface area contributed by atoms with E-state index in [0.717, 1.165) is 25.2 Å². The van der Waals surface area contributed by atoms with Gasteiger partial charge in [0.1, 0.15) is 11.4 Å². The van der Waals surface area contributed by atoms with Crippen LogP contribution in [0.25, 0.3) is 0 Å². The van der Waals surface area contributed by atoms with Crippen molar-refractivity contribution in [1.29, 1.82) is 0 Å². The zero-order valence-electron chi connectivity index (χ0n) is 15.0. The standard InChI is InChI=1S/C21H26O2S/c1-15(2)22-12-11-21(3,4)23-18-9-10-20-17(14-18)13-16-7-5-6-8-19(16)24-20/h5-10,14-15H,11-13H2,1-4H3. The van der Waals surface area contributed by atoms with Gasteiger partial charge in [0.15, 0.2) is 0 Å².